The van der Waals surface area contributed by atoms with Gasteiger partial charge in [0.2, 0.25) is 0 Å². The minimum atomic E-state index is -3.88. The van der Waals surface area contributed by atoms with Crippen molar-refractivity contribution in [1.29, 1.82) is 0 Å². The summed E-state index contributed by atoms with van der Waals surface area (Å²) in [7, 11) is -3.88. The molecular formula is C20H19ClN4O5S. The molecule has 1 saturated heterocycles. The quantitative estimate of drug-likeness (QED) is 0.586. The molecule has 31 heavy (non-hydrogen) atoms. The van der Waals surface area contributed by atoms with Gasteiger partial charge in [-0.2, -0.15) is 4.31 Å². The van der Waals surface area contributed by atoms with Crippen molar-refractivity contribution in [2.24, 2.45) is 0 Å². The van der Waals surface area contributed by atoms with E-state index >= 15 is 0 Å². The summed E-state index contributed by atoms with van der Waals surface area (Å²) in [4.78, 5) is 18.2. The summed E-state index contributed by atoms with van der Waals surface area (Å²) in [5.41, 5.74) is 3.06. The molecular weight excluding hydrogens is 444 g/mol. The van der Waals surface area contributed by atoms with Crippen LogP contribution in [0.4, 0.5) is 10.5 Å². The molecule has 0 saturated carbocycles. The number of pyridine rings is 1. The Morgan fingerprint density at radius 3 is 2.74 bits per heavy atom. The molecule has 0 radical (unpaired) electrons. The Labute approximate surface area is 183 Å². The lowest BCUT2D eigenvalue weighted by atomic mass is 10.0. The van der Waals surface area contributed by atoms with Gasteiger partial charge < -0.3 is 9.26 Å². The number of hydrogen-bond acceptors (Lipinski definition) is 7. The van der Waals surface area contributed by atoms with Crippen molar-refractivity contribution in [3.63, 3.8) is 0 Å². The predicted octanol–water partition coefficient (Wildman–Crippen LogP) is 3.49. The molecule has 0 N–H and O–H groups in total. The minimum Gasteiger partial charge on any atom is -0.444 e. The molecule has 2 aliphatic heterocycles. The Bertz CT molecular complexity index is 1280. The first kappa shape index (κ1) is 20.2. The van der Waals surface area contributed by atoms with E-state index in [1.54, 1.807) is 4.90 Å². The van der Waals surface area contributed by atoms with Gasteiger partial charge in [-0.25, -0.2) is 18.2 Å². The summed E-state index contributed by atoms with van der Waals surface area (Å²) in [5, 5.41) is 3.96. The number of cyclic esters (lactones) is 1. The third-order valence-corrected chi connectivity index (χ3v) is 7.86. The lowest BCUT2D eigenvalue weighted by Crippen LogP contribution is -2.50. The first-order valence-electron chi connectivity index (χ1n) is 9.81. The van der Waals surface area contributed by atoms with Crippen LogP contribution in [0, 0.1) is 6.92 Å². The van der Waals surface area contributed by atoms with Crippen LogP contribution in [0.1, 0.15) is 24.0 Å². The average Bonchev–Trinajstić information content (AvgIpc) is 3.25. The standard InChI is InChI=1S/C20H19ClN4O5S/c1-12-2-3-17-13(8-12)11-29-20(26)25(17)14-4-6-24(7-5-14)31(27,28)19-15-9-23-30-18(15)16(21)10-22-19/h2-3,8-10,14H,4-7,11H2,1H3. The number of benzene rings is 1. The summed E-state index contributed by atoms with van der Waals surface area (Å²) in [6, 6.07) is 5.73. The van der Waals surface area contributed by atoms with Crippen LogP contribution in [0.2, 0.25) is 5.02 Å². The third kappa shape index (κ3) is 3.35. The molecule has 162 valence electrons. The van der Waals surface area contributed by atoms with Crippen LogP contribution in [0.25, 0.3) is 11.0 Å². The van der Waals surface area contributed by atoms with E-state index in [4.69, 9.17) is 20.9 Å². The number of carbonyl (C=O) groups excluding carboxylic acids is 1. The Morgan fingerprint density at radius 1 is 1.19 bits per heavy atom. The van der Waals surface area contributed by atoms with E-state index in [1.807, 2.05) is 25.1 Å². The molecule has 1 amide bonds. The second-order valence-corrected chi connectivity index (χ2v) is 9.93. The maximum atomic E-state index is 13.2. The number of sulfonamides is 1. The van der Waals surface area contributed by atoms with Gasteiger partial charge in [-0.15, -0.1) is 0 Å². The van der Waals surface area contributed by atoms with Gasteiger partial charge in [0.25, 0.3) is 10.0 Å². The summed E-state index contributed by atoms with van der Waals surface area (Å²) in [5.74, 6) is 0. The molecule has 2 aliphatic rings. The van der Waals surface area contributed by atoms with Crippen LogP contribution in [-0.2, 0) is 21.4 Å². The molecule has 0 aliphatic carbocycles. The number of aryl methyl sites for hydroxylation is 1. The Morgan fingerprint density at radius 2 is 1.97 bits per heavy atom. The number of ether oxygens (including phenoxy) is 1. The third-order valence-electron chi connectivity index (χ3n) is 5.73. The van der Waals surface area contributed by atoms with Crippen molar-refractivity contribution in [3.8, 4) is 0 Å². The Hall–Kier alpha value is -2.69. The average molecular weight is 463 g/mol. The van der Waals surface area contributed by atoms with E-state index in [2.05, 4.69) is 10.1 Å². The number of anilines is 1. The normalized spacial score (nSPS) is 18.3. The minimum absolute atomic E-state index is 0.134. The van der Waals surface area contributed by atoms with Crippen LogP contribution >= 0.6 is 11.6 Å². The number of fused-ring (bicyclic) bond motifs is 2. The van der Waals surface area contributed by atoms with Gasteiger partial charge >= 0.3 is 6.09 Å². The maximum Gasteiger partial charge on any atom is 0.414 e. The van der Waals surface area contributed by atoms with Crippen LogP contribution in [-0.4, -0.2) is 48.1 Å². The Kier molecular flexibility index (Phi) is 4.87. The topological polar surface area (TPSA) is 106 Å². The largest absolute Gasteiger partial charge is 0.444 e. The second kappa shape index (κ2) is 7.47. The van der Waals surface area contributed by atoms with Crippen LogP contribution < -0.4 is 4.90 Å². The molecule has 0 atom stereocenters. The van der Waals surface area contributed by atoms with Crippen LogP contribution in [0.5, 0.6) is 0 Å². The molecule has 0 bridgehead atoms. The number of aromatic nitrogens is 2. The van der Waals surface area contributed by atoms with Crippen LogP contribution in [0.3, 0.4) is 0 Å². The van der Waals surface area contributed by atoms with Crippen molar-refractivity contribution >= 4 is 44.4 Å². The highest BCUT2D eigenvalue weighted by atomic mass is 35.5. The van der Waals surface area contributed by atoms with Crippen molar-refractivity contribution in [1.82, 2.24) is 14.4 Å². The molecule has 1 fully saturated rings. The smallest absolute Gasteiger partial charge is 0.414 e. The van der Waals surface area contributed by atoms with Crippen molar-refractivity contribution in [2.75, 3.05) is 18.0 Å². The monoisotopic (exact) mass is 462 g/mol. The number of piperidine rings is 1. The second-order valence-electron chi connectivity index (χ2n) is 7.67. The highest BCUT2D eigenvalue weighted by Crippen LogP contribution is 2.34. The molecule has 5 rings (SSSR count). The lowest BCUT2D eigenvalue weighted by Gasteiger charge is -2.39. The van der Waals surface area contributed by atoms with Crippen LogP contribution in [0.15, 0.2) is 40.1 Å². The van der Waals surface area contributed by atoms with E-state index in [1.165, 1.54) is 16.7 Å². The van der Waals surface area contributed by atoms with E-state index in [9.17, 15) is 13.2 Å². The van der Waals surface area contributed by atoms with Gasteiger partial charge in [-0.1, -0.05) is 34.5 Å². The molecule has 9 nitrogen and oxygen atoms in total. The fourth-order valence-electron chi connectivity index (χ4n) is 4.19. The lowest BCUT2D eigenvalue weighted by molar-refractivity contribution is 0.135. The van der Waals surface area contributed by atoms with E-state index < -0.39 is 16.1 Å². The highest BCUT2D eigenvalue weighted by Gasteiger charge is 2.38. The number of amides is 1. The first-order chi connectivity index (χ1) is 14.9. The molecule has 2 aromatic heterocycles. The summed E-state index contributed by atoms with van der Waals surface area (Å²) in [6.45, 7) is 2.72. The predicted molar refractivity (Wildman–Crippen MR) is 112 cm³/mol. The fraction of sp³-hybridized carbons (Fsp3) is 0.350. The number of rotatable bonds is 3. The number of halogens is 1. The zero-order valence-corrected chi connectivity index (χ0v) is 18.2. The van der Waals surface area contributed by atoms with Gasteiger partial charge in [0, 0.05) is 24.7 Å². The van der Waals surface area contributed by atoms with Gasteiger partial charge in [0.05, 0.1) is 23.5 Å². The molecule has 3 aromatic rings. The van der Waals surface area contributed by atoms with Gasteiger partial charge in [0.1, 0.15) is 11.6 Å². The van der Waals surface area contributed by atoms with Crippen molar-refractivity contribution in [3.05, 3.63) is 46.7 Å². The van der Waals surface area contributed by atoms with Gasteiger partial charge in [-0.05, 0) is 25.8 Å². The van der Waals surface area contributed by atoms with Crippen molar-refractivity contribution < 1.29 is 22.5 Å². The number of hydrogen-bond donors (Lipinski definition) is 0. The molecule has 4 heterocycles. The summed E-state index contributed by atoms with van der Waals surface area (Å²) in [6.07, 6.45) is 3.10. The zero-order valence-electron chi connectivity index (χ0n) is 16.6. The number of carbonyl (C=O) groups is 1. The van der Waals surface area contributed by atoms with Crippen molar-refractivity contribution in [2.45, 2.75) is 37.4 Å². The van der Waals surface area contributed by atoms with E-state index in [-0.39, 0.29) is 46.8 Å². The SMILES string of the molecule is Cc1ccc2c(c1)COC(=O)N2C1CCN(S(=O)(=O)c2ncc(Cl)c3oncc23)CC1. The fourth-order valence-corrected chi connectivity index (χ4v) is 5.92. The maximum absolute atomic E-state index is 13.2. The zero-order chi connectivity index (χ0) is 21.8. The Balaban J connectivity index is 1.39. The first-order valence-corrected chi connectivity index (χ1v) is 11.6. The van der Waals surface area contributed by atoms with E-state index in [0.717, 1.165) is 16.8 Å². The molecule has 0 spiro atoms. The summed E-state index contributed by atoms with van der Waals surface area (Å²) < 4.78 is 38.3. The van der Waals surface area contributed by atoms with Gasteiger partial charge in [0.15, 0.2) is 10.6 Å². The molecule has 0 unspecified atom stereocenters. The van der Waals surface area contributed by atoms with E-state index in [0.29, 0.717) is 12.8 Å². The summed E-state index contributed by atoms with van der Waals surface area (Å²) >= 11 is 6.02. The highest BCUT2D eigenvalue weighted by molar-refractivity contribution is 7.89. The molecule has 1 aromatic carbocycles. The van der Waals surface area contributed by atoms with Gasteiger partial charge in [-0.3, -0.25) is 4.90 Å². The molecule has 11 heteroatoms. The number of nitrogens with zero attached hydrogens (tertiary/aromatic N) is 4.